The van der Waals surface area contributed by atoms with E-state index in [0.29, 0.717) is 28.8 Å². The van der Waals surface area contributed by atoms with Crippen LogP contribution in [0.4, 0.5) is 0 Å². The van der Waals surface area contributed by atoms with Crippen LogP contribution in [0.1, 0.15) is 66.1 Å². The minimum Gasteiger partial charge on any atom is -0.493 e. The summed E-state index contributed by atoms with van der Waals surface area (Å²) < 4.78 is 13.9. The highest BCUT2D eigenvalue weighted by atomic mass is 32.1. The van der Waals surface area contributed by atoms with Crippen LogP contribution >= 0.6 is 12.2 Å². The highest BCUT2D eigenvalue weighted by Gasteiger charge is 2.21. The van der Waals surface area contributed by atoms with E-state index in [1.165, 1.54) is 36.0 Å². The molecule has 1 heterocycles. The Labute approximate surface area is 194 Å². The number of methoxy groups -OCH3 is 1. The second kappa shape index (κ2) is 10.1. The number of H-pyrrole nitrogens is 1. The lowest BCUT2D eigenvalue weighted by atomic mass is 9.89. The summed E-state index contributed by atoms with van der Waals surface area (Å²) in [6.45, 7) is 4.67. The van der Waals surface area contributed by atoms with Gasteiger partial charge >= 0.3 is 0 Å². The van der Waals surface area contributed by atoms with Crippen molar-refractivity contribution in [3.63, 3.8) is 0 Å². The molecule has 1 saturated carbocycles. The fraction of sp³-hybridized carbons (Fsp3) is 0.400. The summed E-state index contributed by atoms with van der Waals surface area (Å²) in [5, 5.41) is 12.0. The molecule has 0 radical (unpaired) electrons. The molecule has 0 amide bonds. The molecule has 4 rings (SSSR count). The van der Waals surface area contributed by atoms with Crippen LogP contribution in [-0.4, -0.2) is 28.2 Å². The lowest BCUT2D eigenvalue weighted by Gasteiger charge is -2.19. The summed E-state index contributed by atoms with van der Waals surface area (Å²) in [6, 6.07) is 12.2. The topological polar surface area (TPSA) is 64.4 Å². The Morgan fingerprint density at radius 3 is 2.72 bits per heavy atom. The number of ether oxygens (including phenoxy) is 2. The van der Waals surface area contributed by atoms with Gasteiger partial charge in [-0.2, -0.15) is 14.9 Å². The third kappa shape index (κ3) is 5.10. The highest BCUT2D eigenvalue weighted by Crippen LogP contribution is 2.32. The molecule has 1 fully saturated rings. The molecule has 0 saturated heterocycles. The summed E-state index contributed by atoms with van der Waals surface area (Å²) in [7, 11) is 1.65. The van der Waals surface area contributed by atoms with Crippen molar-refractivity contribution >= 4 is 18.4 Å². The number of benzene rings is 2. The highest BCUT2D eigenvalue weighted by molar-refractivity contribution is 7.71. The Bertz CT molecular complexity index is 1160. The molecule has 32 heavy (non-hydrogen) atoms. The van der Waals surface area contributed by atoms with Gasteiger partial charge in [-0.15, -0.1) is 0 Å². The van der Waals surface area contributed by atoms with E-state index >= 15 is 0 Å². The van der Waals surface area contributed by atoms with Crippen LogP contribution in [-0.2, 0) is 6.61 Å². The van der Waals surface area contributed by atoms with Crippen molar-refractivity contribution in [1.82, 2.24) is 14.9 Å². The van der Waals surface area contributed by atoms with E-state index < -0.39 is 0 Å². The van der Waals surface area contributed by atoms with E-state index in [-0.39, 0.29) is 0 Å². The minimum absolute atomic E-state index is 0.407. The molecule has 1 N–H and O–H groups in total. The van der Waals surface area contributed by atoms with Crippen molar-refractivity contribution in [2.24, 2.45) is 5.10 Å². The summed E-state index contributed by atoms with van der Waals surface area (Å²) in [5.74, 6) is 2.70. The van der Waals surface area contributed by atoms with Crippen LogP contribution in [0, 0.1) is 18.6 Å². The summed E-state index contributed by atoms with van der Waals surface area (Å²) >= 11 is 5.41. The van der Waals surface area contributed by atoms with Crippen molar-refractivity contribution in [1.29, 1.82) is 0 Å². The smallest absolute Gasteiger partial charge is 0.216 e. The van der Waals surface area contributed by atoms with Gasteiger partial charge in [0.25, 0.3) is 0 Å². The number of aryl methyl sites for hydroxylation is 2. The van der Waals surface area contributed by atoms with E-state index in [4.69, 9.17) is 21.7 Å². The maximum absolute atomic E-state index is 6.07. The Balaban J connectivity index is 1.51. The molecule has 6 nitrogen and oxygen atoms in total. The first-order chi connectivity index (χ1) is 15.5. The zero-order chi connectivity index (χ0) is 22.5. The van der Waals surface area contributed by atoms with Gasteiger partial charge in [0.2, 0.25) is 4.77 Å². The fourth-order valence-corrected chi connectivity index (χ4v) is 4.35. The molecule has 168 valence electrons. The first-order valence-corrected chi connectivity index (χ1v) is 11.5. The average molecular weight is 451 g/mol. The quantitative estimate of drug-likeness (QED) is 0.350. The largest absolute Gasteiger partial charge is 0.493 e. The molecular weight excluding hydrogens is 420 g/mol. The number of hydrogen-bond acceptors (Lipinski definition) is 5. The van der Waals surface area contributed by atoms with Crippen molar-refractivity contribution in [2.45, 2.75) is 58.5 Å². The van der Waals surface area contributed by atoms with E-state index in [9.17, 15) is 0 Å². The van der Waals surface area contributed by atoms with Gasteiger partial charge < -0.3 is 9.47 Å². The van der Waals surface area contributed by atoms with Gasteiger partial charge in [0, 0.05) is 5.92 Å². The third-order valence-corrected chi connectivity index (χ3v) is 6.31. The molecule has 7 heteroatoms. The maximum Gasteiger partial charge on any atom is 0.216 e. The third-order valence-electron chi connectivity index (χ3n) is 6.04. The van der Waals surface area contributed by atoms with Crippen molar-refractivity contribution in [3.05, 3.63) is 69.2 Å². The van der Waals surface area contributed by atoms with Gasteiger partial charge in [0.1, 0.15) is 6.61 Å². The number of rotatable bonds is 7. The molecule has 0 bridgehead atoms. The molecule has 1 aliphatic rings. The maximum atomic E-state index is 6.07. The normalized spacial score (nSPS) is 14.7. The SMILES string of the molecule is COc1cc(/C=N\n2c(C3CCCCC3)n[nH]c2=S)ccc1OCc1cc(C)ccc1C. The van der Waals surface area contributed by atoms with Crippen LogP contribution in [0.25, 0.3) is 0 Å². The van der Waals surface area contributed by atoms with Crippen LogP contribution in [0.15, 0.2) is 41.5 Å². The number of nitrogens with one attached hydrogen (secondary N) is 1. The minimum atomic E-state index is 0.407. The molecular formula is C25H30N4O2S. The van der Waals surface area contributed by atoms with Crippen LogP contribution in [0.5, 0.6) is 11.5 Å². The molecule has 0 spiro atoms. The van der Waals surface area contributed by atoms with Gasteiger partial charge in [-0.25, -0.2) is 0 Å². The Morgan fingerprint density at radius 2 is 1.94 bits per heavy atom. The Hall–Kier alpha value is -2.93. The van der Waals surface area contributed by atoms with Crippen molar-refractivity contribution < 1.29 is 9.47 Å². The number of aromatic nitrogens is 3. The summed E-state index contributed by atoms with van der Waals surface area (Å²) in [4.78, 5) is 0. The van der Waals surface area contributed by atoms with Crippen molar-refractivity contribution in [2.75, 3.05) is 7.11 Å². The Morgan fingerprint density at radius 1 is 1.12 bits per heavy atom. The second-order valence-corrected chi connectivity index (χ2v) is 8.79. The Kier molecular flexibility index (Phi) is 7.05. The number of aromatic amines is 1. The molecule has 3 aromatic rings. The zero-order valence-corrected chi connectivity index (χ0v) is 19.7. The van der Waals surface area contributed by atoms with Gasteiger partial charge in [0.15, 0.2) is 17.3 Å². The molecule has 0 aliphatic heterocycles. The van der Waals surface area contributed by atoms with Crippen LogP contribution < -0.4 is 9.47 Å². The molecule has 0 unspecified atom stereocenters. The van der Waals surface area contributed by atoms with Crippen LogP contribution in [0.3, 0.4) is 0 Å². The van der Waals surface area contributed by atoms with Gasteiger partial charge in [-0.1, -0.05) is 43.0 Å². The first-order valence-electron chi connectivity index (χ1n) is 11.1. The standard InChI is InChI=1S/C25H30N4O2S/c1-17-9-10-18(2)21(13-17)16-31-22-12-11-19(14-23(22)30-3)15-26-29-24(27-28-25(29)32)20-7-5-4-6-8-20/h9-15,20H,4-8,16H2,1-3H3,(H,28,32)/b26-15-. The van der Waals surface area contributed by atoms with E-state index in [1.807, 2.05) is 18.2 Å². The van der Waals surface area contributed by atoms with E-state index in [1.54, 1.807) is 18.0 Å². The molecule has 0 atom stereocenters. The fourth-order valence-electron chi connectivity index (χ4n) is 4.16. The number of nitrogens with zero attached hydrogens (tertiary/aromatic N) is 3. The van der Waals surface area contributed by atoms with E-state index in [2.05, 4.69) is 47.3 Å². The molecule has 1 aliphatic carbocycles. The van der Waals surface area contributed by atoms with Gasteiger partial charge in [0.05, 0.1) is 13.3 Å². The summed E-state index contributed by atoms with van der Waals surface area (Å²) in [6.07, 6.45) is 7.81. The lowest BCUT2D eigenvalue weighted by molar-refractivity contribution is 0.284. The predicted octanol–water partition coefficient (Wildman–Crippen LogP) is 6.08. The summed E-state index contributed by atoms with van der Waals surface area (Å²) in [5.41, 5.74) is 4.50. The first kappa shape index (κ1) is 22.3. The molecule has 2 aromatic carbocycles. The van der Waals surface area contributed by atoms with E-state index in [0.717, 1.165) is 24.2 Å². The van der Waals surface area contributed by atoms with Gasteiger partial charge in [-0.05, 0) is 73.8 Å². The monoisotopic (exact) mass is 450 g/mol. The molecule has 1 aromatic heterocycles. The zero-order valence-electron chi connectivity index (χ0n) is 18.9. The average Bonchev–Trinajstić information content (AvgIpc) is 3.19. The predicted molar refractivity (Wildman–Crippen MR) is 129 cm³/mol. The van der Waals surface area contributed by atoms with Crippen molar-refractivity contribution in [3.8, 4) is 11.5 Å². The lowest BCUT2D eigenvalue weighted by Crippen LogP contribution is -2.10. The van der Waals surface area contributed by atoms with Gasteiger partial charge in [-0.3, -0.25) is 5.10 Å². The number of hydrogen-bond donors (Lipinski definition) is 1. The van der Waals surface area contributed by atoms with Crippen LogP contribution in [0.2, 0.25) is 0 Å². The second-order valence-electron chi connectivity index (χ2n) is 8.41.